The van der Waals surface area contributed by atoms with Gasteiger partial charge in [-0.1, -0.05) is 64.4 Å². The maximum absolute atomic E-state index is 14.8. The van der Waals surface area contributed by atoms with Gasteiger partial charge in [-0.3, -0.25) is 19.2 Å². The van der Waals surface area contributed by atoms with Crippen LogP contribution in [-0.4, -0.2) is 101 Å². The molecule has 0 aliphatic carbocycles. The number of nitrogens with zero attached hydrogens (tertiary/aromatic N) is 2. The first kappa shape index (κ1) is 51.9. The predicted molar refractivity (Wildman–Crippen MR) is 262 cm³/mol. The molecular weight excluding hydrogens is 894 g/mol. The zero-order valence-corrected chi connectivity index (χ0v) is 42.6. The lowest BCUT2D eigenvalue weighted by Gasteiger charge is -2.42. The Morgan fingerprint density at radius 1 is 0.985 bits per heavy atom. The Balaban J connectivity index is 1.58. The first-order valence-electron chi connectivity index (χ1n) is 23.0. The van der Waals surface area contributed by atoms with Gasteiger partial charge in [0.15, 0.2) is 22.3 Å². The van der Waals surface area contributed by atoms with E-state index >= 15 is 0 Å². The topological polar surface area (TPSA) is 193 Å². The van der Waals surface area contributed by atoms with E-state index in [-0.39, 0.29) is 95.3 Å². The van der Waals surface area contributed by atoms with Crippen LogP contribution in [0.3, 0.4) is 0 Å². The third-order valence-electron chi connectivity index (χ3n) is 14.7. The van der Waals surface area contributed by atoms with Gasteiger partial charge in [0, 0.05) is 61.4 Å². The number of quaternary nitrogens is 1. The molecule has 2 aliphatic heterocycles. The number of aromatic hydroxyl groups is 1. The Morgan fingerprint density at radius 3 is 2.29 bits per heavy atom. The number of aliphatic hydroxyl groups is 1. The lowest BCUT2D eigenvalue weighted by molar-refractivity contribution is -0.935. The molecule has 368 valence electrons. The second-order valence-corrected chi connectivity index (χ2v) is 20.7. The van der Waals surface area contributed by atoms with Crippen molar-refractivity contribution in [1.82, 2.24) is 4.98 Å². The fourth-order valence-electron chi connectivity index (χ4n) is 8.87. The number of aromatic nitrogens is 1. The minimum absolute atomic E-state index is 0.0112. The second-order valence-electron chi connectivity index (χ2n) is 20.3. The molecule has 3 N–H and O–H groups in total. The molecule has 4 bridgehead atoms. The van der Waals surface area contributed by atoms with Gasteiger partial charge in [-0.05, 0) is 58.4 Å². The molecule has 0 spiro atoms. The number of methoxy groups -OCH3 is 1. The van der Waals surface area contributed by atoms with E-state index in [9.17, 15) is 29.4 Å². The lowest BCUT2D eigenvalue weighted by atomic mass is 9.73. The summed E-state index contributed by atoms with van der Waals surface area (Å²) < 4.78 is 37.6. The van der Waals surface area contributed by atoms with Crippen LogP contribution in [0.25, 0.3) is 33.0 Å². The van der Waals surface area contributed by atoms with Crippen molar-refractivity contribution in [1.29, 1.82) is 0 Å². The number of rotatable bonds is 6. The summed E-state index contributed by atoms with van der Waals surface area (Å²) in [5, 5.41) is 26.3. The summed E-state index contributed by atoms with van der Waals surface area (Å²) in [4.78, 5) is 60.8. The molecule has 16 heteroatoms. The van der Waals surface area contributed by atoms with E-state index in [1.165, 1.54) is 34.1 Å². The Hall–Kier alpha value is -5.48. The number of esters is 1. The van der Waals surface area contributed by atoms with Crippen molar-refractivity contribution in [2.45, 2.75) is 113 Å². The number of allylic oxidation sites excluding steroid dienone is 2. The van der Waals surface area contributed by atoms with E-state index in [1.807, 2.05) is 34.6 Å². The van der Waals surface area contributed by atoms with Crippen molar-refractivity contribution < 1.29 is 57.2 Å². The van der Waals surface area contributed by atoms with Crippen molar-refractivity contribution in [2.24, 2.45) is 29.6 Å². The molecule has 15 nitrogen and oxygen atoms in total. The minimum atomic E-state index is -2.04. The number of aliphatic hydroxyl groups excluding tert-OH is 1. The van der Waals surface area contributed by atoms with Crippen molar-refractivity contribution in [3.63, 3.8) is 0 Å². The van der Waals surface area contributed by atoms with Crippen LogP contribution < -0.4 is 20.2 Å². The third kappa shape index (κ3) is 9.72. The molecule has 6 rings (SSSR count). The molecular formula is C52H67ClN3O12+. The molecule has 2 aliphatic rings. The molecule has 9 atom stereocenters. The minimum Gasteiger partial charge on any atom is -0.505 e. The molecule has 4 aromatic rings. The number of benzene rings is 3. The molecule has 0 saturated heterocycles. The number of hydrogen-bond acceptors (Lipinski definition) is 13. The molecule has 1 aromatic heterocycles. The smallest absolute Gasteiger partial charge is 0.312 e. The Morgan fingerprint density at radius 2 is 1.66 bits per heavy atom. The summed E-state index contributed by atoms with van der Waals surface area (Å²) in [6.07, 6.45) is 5.67. The number of ketones is 1. The van der Waals surface area contributed by atoms with Gasteiger partial charge in [0.25, 0.3) is 11.7 Å². The third-order valence-corrected chi connectivity index (χ3v) is 15.0. The quantitative estimate of drug-likeness (QED) is 0.0545. The number of carbonyl (C=O) groups excluding carboxylic acids is 3. The molecule has 0 unspecified atom stereocenters. The van der Waals surface area contributed by atoms with Gasteiger partial charge in [0.2, 0.25) is 0 Å². The van der Waals surface area contributed by atoms with Gasteiger partial charge >= 0.3 is 11.8 Å². The van der Waals surface area contributed by atoms with Gasteiger partial charge in [0.05, 0.1) is 54.1 Å². The maximum atomic E-state index is 14.8. The summed E-state index contributed by atoms with van der Waals surface area (Å²) in [5.41, 5.74) is -0.939. The molecule has 1 amide bonds. The monoisotopic (exact) mass is 960 g/mol. The number of nitrogens with one attached hydrogen (secondary N) is 1. The molecule has 0 saturated carbocycles. The Kier molecular flexibility index (Phi) is 14.9. The van der Waals surface area contributed by atoms with Gasteiger partial charge in [-0.25, -0.2) is 4.98 Å². The molecule has 0 radical (unpaired) electrons. The molecule has 68 heavy (non-hydrogen) atoms. The summed E-state index contributed by atoms with van der Waals surface area (Å²) >= 11 is 6.92. The van der Waals surface area contributed by atoms with Crippen LogP contribution in [-0.2, 0) is 23.8 Å². The highest BCUT2D eigenvalue weighted by atomic mass is 35.5. The number of phenolic OH excluding ortho intramolecular Hbond substituents is 1. The summed E-state index contributed by atoms with van der Waals surface area (Å²) in [7, 11) is 5.73. The first-order chi connectivity index (χ1) is 31.6. The number of fused-ring (bicyclic) bond motifs is 2. The van der Waals surface area contributed by atoms with Crippen molar-refractivity contribution in [3.05, 3.63) is 74.6 Å². The highest BCUT2D eigenvalue weighted by Crippen LogP contribution is 2.49. The molecule has 3 aromatic carbocycles. The fraction of sp³-hybridized carbons (Fsp3) is 0.519. The van der Waals surface area contributed by atoms with Crippen LogP contribution in [0.2, 0.25) is 5.02 Å². The van der Waals surface area contributed by atoms with Crippen LogP contribution >= 0.6 is 11.6 Å². The highest BCUT2D eigenvalue weighted by Gasteiger charge is 2.50. The number of carbonyl (C=O) groups is 3. The number of phenols is 1. The van der Waals surface area contributed by atoms with Crippen molar-refractivity contribution in [2.75, 3.05) is 39.7 Å². The van der Waals surface area contributed by atoms with E-state index in [4.69, 9.17) is 44.7 Å². The summed E-state index contributed by atoms with van der Waals surface area (Å²) in [6, 6.07) is 3.19. The number of halogens is 1. The number of amides is 1. The van der Waals surface area contributed by atoms with E-state index in [0.717, 1.165) is 0 Å². The van der Waals surface area contributed by atoms with Crippen LogP contribution in [0, 0.1) is 36.5 Å². The highest BCUT2D eigenvalue weighted by molar-refractivity contribution is 6.35. The number of likely N-dealkylation sites (N-methyl/N-ethyl adjacent to an activating group) is 1. The zero-order valence-electron chi connectivity index (χ0n) is 41.8. The average Bonchev–Trinajstić information content (AvgIpc) is 3.53. The Bertz CT molecular complexity index is 2810. The van der Waals surface area contributed by atoms with Gasteiger partial charge in [-0.2, -0.15) is 0 Å². The standard InChI is InChI=1S/C52H66ClN3O12/c1-25-17-16-18-26(2)50(62)55-42-45(60)38-37(41-48(42)67-36-24-33(23-34(53)40(36)54-41)64-22-20-56(13,14)51(9,10)11)39-47(31(7)44(38)59)68-52(12,49(39)61)65-21-19-35(63-15)30(6)46(66-32(8)57)29(5)27(3)28(4)43(25)58/h16-19,21,23-25,27-30,35,43,46,58H,20,22H2,1-15H3,(H-,54,55,59,60,61,62)/p+1/b17-16+,21-19+,26-18-/t25-,27+,28-,29+,30+,35-,43-,46-,52-/m0/s1. The van der Waals surface area contributed by atoms with Crippen molar-refractivity contribution >= 4 is 67.9 Å². The fourth-order valence-corrected chi connectivity index (χ4v) is 9.11. The maximum Gasteiger partial charge on any atom is 0.312 e. The predicted octanol–water partition coefficient (Wildman–Crippen LogP) is 9.18. The van der Waals surface area contributed by atoms with Crippen LogP contribution in [0.15, 0.2) is 57.5 Å². The SMILES string of the molecule is CO[C@H]1/C=C/O[C@@]2(C)Oc3c(C)c(=O)c4c(O)c(c5oc6cc(OCC[N+](C)(C)C(C)(C)C)cc(Cl)c6nc5c4c3C2=O)NC(=O)/C(C)=C\C=C\[C@H](C)[C@H](O)[C@@H](C)[C@@H](C)[C@@H](C)[C@H](OC(C)=O)[C@@H]1C. The normalized spacial score (nSPS) is 28.2. The number of anilines is 1. The second kappa shape index (κ2) is 19.5. The number of hydrogen-bond donors (Lipinski definition) is 3. The molecule has 0 fully saturated rings. The number of Topliss-reactive ketones (excluding diaryl/α,β-unsaturated/α-hetero) is 1. The van der Waals surface area contributed by atoms with E-state index in [1.54, 1.807) is 43.4 Å². The van der Waals surface area contributed by atoms with Crippen LogP contribution in [0.5, 0.6) is 17.2 Å². The van der Waals surface area contributed by atoms with Crippen molar-refractivity contribution in [3.8, 4) is 17.2 Å². The number of ether oxygens (including phenoxy) is 5. The van der Waals surface area contributed by atoms with Crippen LogP contribution in [0.4, 0.5) is 5.69 Å². The first-order valence-corrected chi connectivity index (χ1v) is 23.4. The summed E-state index contributed by atoms with van der Waals surface area (Å²) in [5.74, 6) is -5.78. The van der Waals surface area contributed by atoms with Gasteiger partial charge in [-0.15, -0.1) is 0 Å². The van der Waals surface area contributed by atoms with E-state index in [2.05, 4.69) is 40.2 Å². The van der Waals surface area contributed by atoms with Gasteiger partial charge in [0.1, 0.15) is 47.5 Å². The molecule has 3 heterocycles. The van der Waals surface area contributed by atoms with Crippen LogP contribution in [0.1, 0.15) is 92.1 Å². The summed E-state index contributed by atoms with van der Waals surface area (Å²) in [6.45, 7) is 22.8. The van der Waals surface area contributed by atoms with E-state index in [0.29, 0.717) is 23.4 Å². The van der Waals surface area contributed by atoms with E-state index < -0.39 is 58.9 Å². The largest absolute Gasteiger partial charge is 0.505 e. The zero-order chi connectivity index (χ0) is 50.5. The van der Waals surface area contributed by atoms with Gasteiger partial charge < -0.3 is 48.1 Å². The average molecular weight is 962 g/mol. The lowest BCUT2D eigenvalue weighted by Crippen LogP contribution is -2.55. The Labute approximate surface area is 402 Å².